The van der Waals surface area contributed by atoms with Gasteiger partial charge in [0.15, 0.2) is 0 Å². The highest BCUT2D eigenvalue weighted by Gasteiger charge is 2.65. The molecule has 2 N–H and O–H groups in total. The monoisotopic (exact) mass is 384 g/mol. The Morgan fingerprint density at radius 1 is 1.39 bits per heavy atom. The van der Waals surface area contributed by atoms with E-state index in [1.165, 1.54) is 7.11 Å². The minimum absolute atomic E-state index is 0.0406. The molecule has 0 spiro atoms. The Morgan fingerprint density at radius 3 is 2.93 bits per heavy atom. The second kappa shape index (κ2) is 6.22. The number of benzene rings is 1. The van der Waals surface area contributed by atoms with Gasteiger partial charge in [-0.2, -0.15) is 0 Å². The number of piperidine rings is 2. The average Bonchev–Trinajstić information content (AvgIpc) is 3.04. The van der Waals surface area contributed by atoms with Gasteiger partial charge in [0.25, 0.3) is 0 Å². The highest BCUT2D eigenvalue weighted by Crippen LogP contribution is 2.57. The van der Waals surface area contributed by atoms with Gasteiger partial charge >= 0.3 is 5.97 Å². The van der Waals surface area contributed by atoms with Crippen LogP contribution in [0.3, 0.4) is 0 Å². The molecule has 6 atom stereocenters. The Balaban J connectivity index is 1.79. The number of carbonyl (C=O) groups excluding carboxylic acids is 1. The molecule has 1 unspecified atom stereocenters. The number of nitrogens with zero attached hydrogens (tertiary/aromatic N) is 1. The van der Waals surface area contributed by atoms with E-state index in [0.717, 1.165) is 53.7 Å². The molecule has 4 heterocycles. The fraction of sp³-hybridized carbons (Fsp3) is 0.591. The van der Waals surface area contributed by atoms with Crippen LogP contribution in [0, 0.1) is 11.8 Å². The summed E-state index contributed by atoms with van der Waals surface area (Å²) in [4.78, 5) is 19.2. The van der Waals surface area contributed by atoms with Crippen molar-refractivity contribution in [3.05, 3.63) is 29.5 Å². The highest BCUT2D eigenvalue weighted by atomic mass is 16.5. The molecular formula is C22H28N2O4. The summed E-state index contributed by atoms with van der Waals surface area (Å²) in [6.07, 6.45) is 2.91. The van der Waals surface area contributed by atoms with E-state index in [9.17, 15) is 9.90 Å². The molecule has 1 aliphatic carbocycles. The zero-order valence-electron chi connectivity index (χ0n) is 16.7. The number of fused-ring (bicyclic) bond motifs is 4. The summed E-state index contributed by atoms with van der Waals surface area (Å²) < 4.78 is 10.8. The molecular weight excluding hydrogens is 356 g/mol. The molecule has 150 valence electrons. The van der Waals surface area contributed by atoms with Crippen molar-refractivity contribution in [3.8, 4) is 5.75 Å². The van der Waals surface area contributed by atoms with Gasteiger partial charge in [-0.3, -0.25) is 9.69 Å². The van der Waals surface area contributed by atoms with Crippen LogP contribution >= 0.6 is 0 Å². The van der Waals surface area contributed by atoms with E-state index in [2.05, 4.69) is 16.8 Å². The standard InChI is InChI=1S/C22H28N2O4/c1-4-12-9-13-11-22(21(26)28-3)18-15(7-8-24(19(12)22)20(13)25)16-10-14(27-2)5-6-17(16)23-18/h5-6,10,12-13,19-20,23,25H,4,7-9,11H2,1-3H3/t12-,13+,19-,20+,22+/m0/s1. The molecule has 6 nitrogen and oxygen atoms in total. The van der Waals surface area contributed by atoms with Crippen LogP contribution in [0.1, 0.15) is 37.4 Å². The van der Waals surface area contributed by atoms with Crippen LogP contribution < -0.4 is 4.74 Å². The molecule has 2 saturated heterocycles. The summed E-state index contributed by atoms with van der Waals surface area (Å²) in [5.74, 6) is 1.08. The number of carbonyl (C=O) groups is 1. The molecule has 1 aromatic carbocycles. The van der Waals surface area contributed by atoms with Gasteiger partial charge in [0.1, 0.15) is 17.4 Å². The van der Waals surface area contributed by atoms with Crippen molar-refractivity contribution < 1.29 is 19.4 Å². The topological polar surface area (TPSA) is 74.8 Å². The molecule has 0 amide bonds. The van der Waals surface area contributed by atoms with Gasteiger partial charge in [-0.05, 0) is 48.9 Å². The van der Waals surface area contributed by atoms with Crippen LogP contribution in [0.5, 0.6) is 5.75 Å². The van der Waals surface area contributed by atoms with E-state index in [1.54, 1.807) is 7.11 Å². The van der Waals surface area contributed by atoms with Crippen LogP contribution in [0.25, 0.3) is 10.9 Å². The number of aliphatic hydroxyl groups is 1. The van der Waals surface area contributed by atoms with Gasteiger partial charge in [-0.25, -0.2) is 0 Å². The molecule has 6 heteroatoms. The maximum Gasteiger partial charge on any atom is 0.319 e. The fourth-order valence-corrected chi connectivity index (χ4v) is 6.39. The molecule has 2 aromatic rings. The summed E-state index contributed by atoms with van der Waals surface area (Å²) in [5, 5.41) is 12.1. The van der Waals surface area contributed by atoms with Crippen molar-refractivity contribution in [1.82, 2.24) is 9.88 Å². The number of esters is 1. The zero-order chi connectivity index (χ0) is 19.6. The summed E-state index contributed by atoms with van der Waals surface area (Å²) in [6, 6.07) is 5.98. The first kappa shape index (κ1) is 18.0. The fourth-order valence-electron chi connectivity index (χ4n) is 6.39. The Hall–Kier alpha value is -2.05. The lowest BCUT2D eigenvalue weighted by atomic mass is 9.56. The van der Waals surface area contributed by atoms with Crippen molar-refractivity contribution >= 4 is 16.9 Å². The molecule has 0 radical (unpaired) electrons. The third-order valence-electron chi connectivity index (χ3n) is 7.51. The van der Waals surface area contributed by atoms with Gasteiger partial charge < -0.3 is 19.6 Å². The number of nitrogens with one attached hydrogen (secondary N) is 1. The quantitative estimate of drug-likeness (QED) is 0.796. The van der Waals surface area contributed by atoms with Gasteiger partial charge in [-0.1, -0.05) is 13.3 Å². The number of ether oxygens (including phenoxy) is 2. The molecule has 3 fully saturated rings. The van der Waals surface area contributed by atoms with Crippen LogP contribution in [0.4, 0.5) is 0 Å². The molecule has 4 aliphatic rings. The van der Waals surface area contributed by atoms with Crippen LogP contribution in [0.2, 0.25) is 0 Å². The summed E-state index contributed by atoms with van der Waals surface area (Å²) >= 11 is 0. The number of methoxy groups -OCH3 is 2. The predicted octanol–water partition coefficient (Wildman–Crippen LogP) is 2.58. The highest BCUT2D eigenvalue weighted by molar-refractivity contribution is 5.92. The Bertz CT molecular complexity index is 938. The third-order valence-corrected chi connectivity index (χ3v) is 7.51. The molecule has 3 aliphatic heterocycles. The molecule has 28 heavy (non-hydrogen) atoms. The number of hydrogen-bond donors (Lipinski definition) is 2. The SMILES string of the molecule is CC[C@H]1C[C@@H]2C[C@@]3(C(=O)OC)c4[nH]c5ccc(OC)cc5c4CCN([C@@H]2O)[C@@H]13. The van der Waals surface area contributed by atoms with Crippen LogP contribution in [0.15, 0.2) is 18.2 Å². The van der Waals surface area contributed by atoms with Gasteiger partial charge in [0, 0.05) is 35.1 Å². The molecule has 4 bridgehead atoms. The van der Waals surface area contributed by atoms with Gasteiger partial charge in [-0.15, -0.1) is 0 Å². The summed E-state index contributed by atoms with van der Waals surface area (Å²) in [7, 11) is 3.15. The number of H-pyrrole nitrogens is 1. The van der Waals surface area contributed by atoms with E-state index < -0.39 is 11.6 Å². The lowest BCUT2D eigenvalue weighted by Gasteiger charge is -2.59. The lowest BCUT2D eigenvalue weighted by Crippen LogP contribution is -2.70. The van der Waals surface area contributed by atoms with Crippen molar-refractivity contribution in [1.29, 1.82) is 0 Å². The molecule has 6 rings (SSSR count). The van der Waals surface area contributed by atoms with Crippen LogP contribution in [-0.2, 0) is 21.4 Å². The lowest BCUT2D eigenvalue weighted by molar-refractivity contribution is -0.196. The maximum absolute atomic E-state index is 13.4. The first-order valence-corrected chi connectivity index (χ1v) is 10.3. The average molecular weight is 384 g/mol. The Morgan fingerprint density at radius 2 is 2.21 bits per heavy atom. The first-order chi connectivity index (χ1) is 13.5. The third kappa shape index (κ3) is 2.13. The Kier molecular flexibility index (Phi) is 4.00. The maximum atomic E-state index is 13.4. The largest absolute Gasteiger partial charge is 0.497 e. The number of aromatic amines is 1. The van der Waals surface area contributed by atoms with Crippen molar-refractivity contribution in [3.63, 3.8) is 0 Å². The van der Waals surface area contributed by atoms with E-state index in [4.69, 9.17) is 9.47 Å². The smallest absolute Gasteiger partial charge is 0.319 e. The van der Waals surface area contributed by atoms with Gasteiger partial charge in [0.05, 0.1) is 14.2 Å². The Labute approximate surface area is 164 Å². The second-order valence-corrected chi connectivity index (χ2v) is 8.57. The van der Waals surface area contributed by atoms with Crippen molar-refractivity contribution in [2.45, 2.75) is 50.3 Å². The van der Waals surface area contributed by atoms with Crippen molar-refractivity contribution in [2.75, 3.05) is 20.8 Å². The molecule has 1 saturated carbocycles. The summed E-state index contributed by atoms with van der Waals surface area (Å²) in [6.45, 7) is 2.93. The van der Waals surface area contributed by atoms with Gasteiger partial charge in [0.2, 0.25) is 0 Å². The van der Waals surface area contributed by atoms with Crippen LogP contribution in [-0.4, -0.2) is 54.0 Å². The zero-order valence-corrected chi connectivity index (χ0v) is 16.7. The number of aliphatic hydroxyl groups excluding tert-OH is 1. The minimum Gasteiger partial charge on any atom is -0.497 e. The number of aromatic nitrogens is 1. The van der Waals surface area contributed by atoms with E-state index in [-0.39, 0.29) is 17.9 Å². The predicted molar refractivity (Wildman–Crippen MR) is 105 cm³/mol. The minimum atomic E-state index is -0.754. The number of hydrogen-bond acceptors (Lipinski definition) is 5. The normalized spacial score (nSPS) is 36.1. The second-order valence-electron chi connectivity index (χ2n) is 8.57. The van der Waals surface area contributed by atoms with E-state index in [1.807, 2.05) is 18.2 Å². The van der Waals surface area contributed by atoms with Crippen molar-refractivity contribution in [2.24, 2.45) is 11.8 Å². The van der Waals surface area contributed by atoms with E-state index >= 15 is 0 Å². The molecule has 1 aromatic heterocycles. The number of rotatable bonds is 3. The summed E-state index contributed by atoms with van der Waals surface area (Å²) in [5.41, 5.74) is 2.43. The van der Waals surface area contributed by atoms with E-state index in [0.29, 0.717) is 12.3 Å². The first-order valence-electron chi connectivity index (χ1n) is 10.3.